The molecule has 0 aliphatic rings. The van der Waals surface area contributed by atoms with Crippen LogP contribution in [0.1, 0.15) is 35.3 Å². The van der Waals surface area contributed by atoms with Crippen LogP contribution >= 0.6 is 0 Å². The summed E-state index contributed by atoms with van der Waals surface area (Å²) in [5.74, 6) is 0.0147. The van der Waals surface area contributed by atoms with E-state index in [1.165, 1.54) is 12.5 Å². The van der Waals surface area contributed by atoms with Gasteiger partial charge in [0, 0.05) is 25.6 Å². The molecule has 1 amide bonds. The molecular formula is C15H22N2O2. The summed E-state index contributed by atoms with van der Waals surface area (Å²) < 4.78 is 0. The third-order valence-corrected chi connectivity index (χ3v) is 3.13. The molecule has 0 saturated heterocycles. The van der Waals surface area contributed by atoms with Crippen molar-refractivity contribution in [1.29, 1.82) is 0 Å². The van der Waals surface area contributed by atoms with Gasteiger partial charge in [-0.15, -0.1) is 0 Å². The summed E-state index contributed by atoms with van der Waals surface area (Å²) in [6, 6.07) is 5.49. The van der Waals surface area contributed by atoms with Crippen LogP contribution in [-0.4, -0.2) is 30.8 Å². The minimum atomic E-state index is -0.254. The van der Waals surface area contributed by atoms with Gasteiger partial charge in [0.2, 0.25) is 5.91 Å². The first-order valence-corrected chi connectivity index (χ1v) is 6.51. The van der Waals surface area contributed by atoms with E-state index in [1.54, 1.807) is 0 Å². The van der Waals surface area contributed by atoms with Gasteiger partial charge >= 0.3 is 0 Å². The summed E-state index contributed by atoms with van der Waals surface area (Å²) in [4.78, 5) is 22.9. The highest BCUT2D eigenvalue weighted by atomic mass is 16.1. The summed E-state index contributed by atoms with van der Waals surface area (Å²) in [5, 5.41) is 5.79. The SMILES string of the molecule is CC(=O)NCCNC(C)C(=O)c1ccc(C)c(C)c1. The Balaban J connectivity index is 2.52. The van der Waals surface area contributed by atoms with Crippen LogP contribution in [0.2, 0.25) is 0 Å². The highest BCUT2D eigenvalue weighted by molar-refractivity contribution is 6.00. The number of ketones is 1. The summed E-state index contributed by atoms with van der Waals surface area (Å²) in [6.45, 7) is 8.45. The van der Waals surface area contributed by atoms with Gasteiger partial charge in [-0.05, 0) is 38.0 Å². The predicted octanol–water partition coefficient (Wildman–Crippen LogP) is 1.60. The number of nitrogens with one attached hydrogen (secondary N) is 2. The predicted molar refractivity (Wildman–Crippen MR) is 76.4 cm³/mol. The molecule has 0 heterocycles. The molecular weight excluding hydrogens is 240 g/mol. The van der Waals surface area contributed by atoms with E-state index in [-0.39, 0.29) is 17.7 Å². The Labute approximate surface area is 114 Å². The number of rotatable bonds is 6. The van der Waals surface area contributed by atoms with Gasteiger partial charge in [-0.2, -0.15) is 0 Å². The topological polar surface area (TPSA) is 58.2 Å². The van der Waals surface area contributed by atoms with Gasteiger partial charge in [0.1, 0.15) is 0 Å². The van der Waals surface area contributed by atoms with Crippen molar-refractivity contribution in [3.63, 3.8) is 0 Å². The van der Waals surface area contributed by atoms with Crippen molar-refractivity contribution in [3.05, 3.63) is 34.9 Å². The Bertz CT molecular complexity index is 469. The molecule has 0 bridgehead atoms. The van der Waals surface area contributed by atoms with E-state index in [0.717, 1.165) is 11.1 Å². The molecule has 0 aromatic heterocycles. The summed E-state index contributed by atoms with van der Waals surface area (Å²) in [6.07, 6.45) is 0. The van der Waals surface area contributed by atoms with Crippen LogP contribution in [0.3, 0.4) is 0 Å². The molecule has 4 nitrogen and oxygen atoms in total. The van der Waals surface area contributed by atoms with Crippen molar-refractivity contribution < 1.29 is 9.59 Å². The van der Waals surface area contributed by atoms with Crippen LogP contribution in [-0.2, 0) is 4.79 Å². The molecule has 0 fully saturated rings. The second-order valence-corrected chi connectivity index (χ2v) is 4.82. The van der Waals surface area contributed by atoms with Crippen molar-refractivity contribution in [1.82, 2.24) is 10.6 Å². The van der Waals surface area contributed by atoms with E-state index >= 15 is 0 Å². The first-order chi connectivity index (χ1) is 8.91. The number of hydrogen-bond acceptors (Lipinski definition) is 3. The smallest absolute Gasteiger partial charge is 0.216 e. The van der Waals surface area contributed by atoms with Crippen LogP contribution in [0.25, 0.3) is 0 Å². The van der Waals surface area contributed by atoms with Crippen molar-refractivity contribution in [3.8, 4) is 0 Å². The summed E-state index contributed by atoms with van der Waals surface area (Å²) in [7, 11) is 0. The highest BCUT2D eigenvalue weighted by Gasteiger charge is 2.14. The lowest BCUT2D eigenvalue weighted by Crippen LogP contribution is -2.39. The van der Waals surface area contributed by atoms with Crippen molar-refractivity contribution >= 4 is 11.7 Å². The number of amides is 1. The maximum atomic E-state index is 12.2. The molecule has 1 aromatic rings. The maximum Gasteiger partial charge on any atom is 0.216 e. The van der Waals surface area contributed by atoms with Gasteiger partial charge in [0.05, 0.1) is 6.04 Å². The number of Topliss-reactive ketones (excluding diaryl/α,β-unsaturated/α-hetero) is 1. The van der Waals surface area contributed by atoms with E-state index in [2.05, 4.69) is 10.6 Å². The first kappa shape index (κ1) is 15.4. The molecule has 1 aromatic carbocycles. The summed E-state index contributed by atoms with van der Waals surface area (Å²) >= 11 is 0. The minimum Gasteiger partial charge on any atom is -0.355 e. The van der Waals surface area contributed by atoms with E-state index in [1.807, 2.05) is 39.0 Å². The lowest BCUT2D eigenvalue weighted by Gasteiger charge is -2.13. The van der Waals surface area contributed by atoms with E-state index < -0.39 is 0 Å². The first-order valence-electron chi connectivity index (χ1n) is 6.51. The third-order valence-electron chi connectivity index (χ3n) is 3.13. The van der Waals surface area contributed by atoms with Gasteiger partial charge in [0.15, 0.2) is 5.78 Å². The standard InChI is InChI=1S/C15H22N2O2/c1-10-5-6-14(9-11(10)2)15(19)12(3)16-7-8-17-13(4)18/h5-6,9,12,16H,7-8H2,1-4H3,(H,17,18). The zero-order valence-electron chi connectivity index (χ0n) is 12.0. The molecule has 0 aliphatic heterocycles. The summed E-state index contributed by atoms with van der Waals surface area (Å²) in [5.41, 5.74) is 3.03. The van der Waals surface area contributed by atoms with E-state index in [0.29, 0.717) is 13.1 Å². The monoisotopic (exact) mass is 262 g/mol. The van der Waals surface area contributed by atoms with Gasteiger partial charge in [-0.25, -0.2) is 0 Å². The van der Waals surface area contributed by atoms with Gasteiger partial charge in [-0.1, -0.05) is 12.1 Å². The number of aryl methyl sites for hydroxylation is 2. The molecule has 1 rings (SSSR count). The second-order valence-electron chi connectivity index (χ2n) is 4.82. The second kappa shape index (κ2) is 7.04. The molecule has 2 N–H and O–H groups in total. The largest absolute Gasteiger partial charge is 0.355 e. The Morgan fingerprint density at radius 2 is 1.84 bits per heavy atom. The lowest BCUT2D eigenvalue weighted by atomic mass is 10.0. The van der Waals surface area contributed by atoms with Crippen molar-refractivity contribution in [2.45, 2.75) is 33.7 Å². The van der Waals surface area contributed by atoms with E-state index in [4.69, 9.17) is 0 Å². The lowest BCUT2D eigenvalue weighted by molar-refractivity contribution is -0.118. The fourth-order valence-corrected chi connectivity index (χ4v) is 1.76. The number of carbonyl (C=O) groups excluding carboxylic acids is 2. The molecule has 0 aliphatic carbocycles. The Morgan fingerprint density at radius 3 is 2.42 bits per heavy atom. The van der Waals surface area contributed by atoms with Crippen molar-refractivity contribution in [2.24, 2.45) is 0 Å². The van der Waals surface area contributed by atoms with Crippen LogP contribution in [0.5, 0.6) is 0 Å². The number of hydrogen-bond donors (Lipinski definition) is 2. The zero-order valence-corrected chi connectivity index (χ0v) is 12.0. The van der Waals surface area contributed by atoms with Crippen molar-refractivity contribution in [2.75, 3.05) is 13.1 Å². The van der Waals surface area contributed by atoms with Gasteiger partial charge in [0.25, 0.3) is 0 Å². The maximum absolute atomic E-state index is 12.2. The average Bonchev–Trinajstić information content (AvgIpc) is 2.36. The van der Waals surface area contributed by atoms with Crippen LogP contribution < -0.4 is 10.6 Å². The molecule has 0 spiro atoms. The van der Waals surface area contributed by atoms with Crippen LogP contribution in [0, 0.1) is 13.8 Å². The quantitative estimate of drug-likeness (QED) is 0.605. The highest BCUT2D eigenvalue weighted by Crippen LogP contribution is 2.11. The fraction of sp³-hybridized carbons (Fsp3) is 0.467. The van der Waals surface area contributed by atoms with Gasteiger partial charge < -0.3 is 10.6 Å². The molecule has 19 heavy (non-hydrogen) atoms. The number of carbonyl (C=O) groups is 2. The Morgan fingerprint density at radius 1 is 1.16 bits per heavy atom. The average molecular weight is 262 g/mol. The van der Waals surface area contributed by atoms with Crippen LogP contribution in [0.15, 0.2) is 18.2 Å². The molecule has 4 heteroatoms. The Kier molecular flexibility index (Phi) is 5.70. The third kappa shape index (κ3) is 4.83. The van der Waals surface area contributed by atoms with Gasteiger partial charge in [-0.3, -0.25) is 9.59 Å². The molecule has 0 saturated carbocycles. The number of benzene rings is 1. The van der Waals surface area contributed by atoms with Crippen LogP contribution in [0.4, 0.5) is 0 Å². The fourth-order valence-electron chi connectivity index (χ4n) is 1.76. The zero-order chi connectivity index (χ0) is 14.4. The molecule has 1 atom stereocenters. The minimum absolute atomic E-state index is 0.0602. The van der Waals surface area contributed by atoms with E-state index in [9.17, 15) is 9.59 Å². The normalized spacial score (nSPS) is 12.0. The Hall–Kier alpha value is -1.68. The molecule has 1 unspecified atom stereocenters. The molecule has 0 radical (unpaired) electrons. The molecule has 104 valence electrons.